The number of nitrogens with one attached hydrogen (secondary N) is 1. The number of alkyl halides is 3. The summed E-state index contributed by atoms with van der Waals surface area (Å²) in [7, 11) is 0. The molecular formula is C14H19F3N2. The van der Waals surface area contributed by atoms with Gasteiger partial charge in [0.05, 0.1) is 5.56 Å². The van der Waals surface area contributed by atoms with Crippen molar-refractivity contribution >= 4 is 5.82 Å². The Kier molecular flexibility index (Phi) is 4.32. The van der Waals surface area contributed by atoms with Crippen LogP contribution in [-0.2, 0) is 6.18 Å². The third-order valence-corrected chi connectivity index (χ3v) is 3.83. The molecule has 0 aromatic carbocycles. The zero-order valence-corrected chi connectivity index (χ0v) is 11.0. The van der Waals surface area contributed by atoms with Gasteiger partial charge in [0.1, 0.15) is 5.82 Å². The lowest BCUT2D eigenvalue weighted by molar-refractivity contribution is -0.137. The van der Waals surface area contributed by atoms with Gasteiger partial charge in [-0.05, 0) is 37.8 Å². The van der Waals surface area contributed by atoms with E-state index in [0.29, 0.717) is 5.92 Å². The second-order valence-corrected chi connectivity index (χ2v) is 5.23. The Morgan fingerprint density at radius 1 is 1.26 bits per heavy atom. The van der Waals surface area contributed by atoms with E-state index in [4.69, 9.17) is 0 Å². The van der Waals surface area contributed by atoms with E-state index in [1.165, 1.54) is 31.5 Å². The van der Waals surface area contributed by atoms with E-state index in [1.807, 2.05) is 6.92 Å². The Balaban J connectivity index is 2.10. The topological polar surface area (TPSA) is 24.9 Å². The normalized spacial score (nSPS) is 19.2. The molecule has 1 saturated carbocycles. The van der Waals surface area contributed by atoms with Gasteiger partial charge in [-0.2, -0.15) is 13.2 Å². The highest BCUT2D eigenvalue weighted by Gasteiger charge is 2.34. The van der Waals surface area contributed by atoms with Crippen LogP contribution in [0, 0.1) is 5.92 Å². The minimum atomic E-state index is -4.36. The van der Waals surface area contributed by atoms with E-state index < -0.39 is 11.7 Å². The van der Waals surface area contributed by atoms with Crippen molar-refractivity contribution in [3.8, 4) is 0 Å². The monoisotopic (exact) mass is 272 g/mol. The number of halogens is 3. The number of aromatic nitrogens is 1. The van der Waals surface area contributed by atoms with Gasteiger partial charge in [-0.3, -0.25) is 0 Å². The molecule has 0 amide bonds. The highest BCUT2D eigenvalue weighted by Crippen LogP contribution is 2.35. The minimum absolute atomic E-state index is 0.0244. The summed E-state index contributed by atoms with van der Waals surface area (Å²) < 4.78 is 38.6. The van der Waals surface area contributed by atoms with Crippen molar-refractivity contribution in [1.29, 1.82) is 0 Å². The molecule has 1 aliphatic rings. The Labute approximate surface area is 111 Å². The van der Waals surface area contributed by atoms with E-state index in [2.05, 4.69) is 10.3 Å². The van der Waals surface area contributed by atoms with Crippen LogP contribution in [0.5, 0.6) is 0 Å². The molecule has 1 atom stereocenters. The predicted molar refractivity (Wildman–Crippen MR) is 68.9 cm³/mol. The summed E-state index contributed by atoms with van der Waals surface area (Å²) in [5.41, 5.74) is -0.683. The zero-order valence-electron chi connectivity index (χ0n) is 11.0. The Bertz CT molecular complexity index is 411. The highest BCUT2D eigenvalue weighted by atomic mass is 19.4. The van der Waals surface area contributed by atoms with Gasteiger partial charge < -0.3 is 5.32 Å². The molecule has 1 aromatic rings. The first-order valence-electron chi connectivity index (χ1n) is 6.77. The van der Waals surface area contributed by atoms with Crippen molar-refractivity contribution < 1.29 is 13.2 Å². The molecule has 106 valence electrons. The number of hydrogen-bond acceptors (Lipinski definition) is 2. The molecule has 1 heterocycles. The largest absolute Gasteiger partial charge is 0.419 e. The average molecular weight is 272 g/mol. The van der Waals surface area contributed by atoms with Gasteiger partial charge >= 0.3 is 6.18 Å². The van der Waals surface area contributed by atoms with Crippen LogP contribution >= 0.6 is 0 Å². The number of pyridine rings is 1. The smallest absolute Gasteiger partial charge is 0.367 e. The fourth-order valence-electron chi connectivity index (χ4n) is 2.72. The van der Waals surface area contributed by atoms with Crippen molar-refractivity contribution in [2.75, 3.05) is 5.32 Å². The molecule has 0 radical (unpaired) electrons. The molecule has 1 aromatic heterocycles. The van der Waals surface area contributed by atoms with Crippen LogP contribution < -0.4 is 5.32 Å². The SMILES string of the molecule is CC(Nc1ncccc1C(F)(F)F)C1CCCCC1. The van der Waals surface area contributed by atoms with Crippen molar-refractivity contribution in [1.82, 2.24) is 4.98 Å². The van der Waals surface area contributed by atoms with Crippen molar-refractivity contribution in [3.05, 3.63) is 23.9 Å². The maximum atomic E-state index is 12.9. The Morgan fingerprint density at radius 2 is 1.95 bits per heavy atom. The molecule has 2 rings (SSSR count). The summed E-state index contributed by atoms with van der Waals surface area (Å²) in [4.78, 5) is 3.85. The zero-order chi connectivity index (χ0) is 13.9. The van der Waals surface area contributed by atoms with Crippen LogP contribution in [0.3, 0.4) is 0 Å². The van der Waals surface area contributed by atoms with Crippen molar-refractivity contribution in [2.24, 2.45) is 5.92 Å². The molecule has 1 aliphatic carbocycles. The van der Waals surface area contributed by atoms with Crippen LogP contribution in [0.1, 0.15) is 44.6 Å². The molecule has 1 unspecified atom stereocenters. The first-order chi connectivity index (χ1) is 8.98. The summed E-state index contributed by atoms with van der Waals surface area (Å²) in [6.45, 7) is 1.95. The maximum absolute atomic E-state index is 12.9. The fraction of sp³-hybridized carbons (Fsp3) is 0.643. The lowest BCUT2D eigenvalue weighted by Gasteiger charge is -2.29. The van der Waals surface area contributed by atoms with E-state index in [1.54, 1.807) is 0 Å². The van der Waals surface area contributed by atoms with Gasteiger partial charge in [-0.1, -0.05) is 19.3 Å². The Morgan fingerprint density at radius 3 is 2.58 bits per heavy atom. The molecular weight excluding hydrogens is 253 g/mol. The van der Waals surface area contributed by atoms with Crippen molar-refractivity contribution in [3.63, 3.8) is 0 Å². The van der Waals surface area contributed by atoms with Gasteiger partial charge in [-0.25, -0.2) is 4.98 Å². The van der Waals surface area contributed by atoms with Gasteiger partial charge in [0, 0.05) is 12.2 Å². The number of hydrogen-bond donors (Lipinski definition) is 1. The summed E-state index contributed by atoms with van der Waals surface area (Å²) in [5, 5.41) is 2.96. The number of anilines is 1. The van der Waals surface area contributed by atoms with E-state index >= 15 is 0 Å². The molecule has 0 bridgehead atoms. The lowest BCUT2D eigenvalue weighted by atomic mass is 9.84. The van der Waals surface area contributed by atoms with E-state index in [9.17, 15) is 13.2 Å². The van der Waals surface area contributed by atoms with Crippen LogP contribution in [0.25, 0.3) is 0 Å². The second-order valence-electron chi connectivity index (χ2n) is 5.23. The molecule has 1 N–H and O–H groups in total. The molecule has 2 nitrogen and oxygen atoms in total. The predicted octanol–water partition coefficient (Wildman–Crippen LogP) is 4.48. The number of rotatable bonds is 3. The third-order valence-electron chi connectivity index (χ3n) is 3.83. The van der Waals surface area contributed by atoms with Crippen LogP contribution in [0.2, 0.25) is 0 Å². The number of nitrogens with zero attached hydrogens (tertiary/aromatic N) is 1. The van der Waals surface area contributed by atoms with Gasteiger partial charge in [0.25, 0.3) is 0 Å². The maximum Gasteiger partial charge on any atom is 0.419 e. The molecule has 0 aliphatic heterocycles. The average Bonchev–Trinajstić information content (AvgIpc) is 2.39. The second kappa shape index (κ2) is 5.80. The summed E-state index contributed by atoms with van der Waals surface area (Å²) >= 11 is 0. The molecule has 1 fully saturated rings. The van der Waals surface area contributed by atoms with Crippen molar-refractivity contribution in [2.45, 2.75) is 51.2 Å². The first kappa shape index (κ1) is 14.2. The lowest BCUT2D eigenvalue weighted by Crippen LogP contribution is -2.29. The first-order valence-corrected chi connectivity index (χ1v) is 6.77. The van der Waals surface area contributed by atoms with Crippen LogP contribution in [0.15, 0.2) is 18.3 Å². The van der Waals surface area contributed by atoms with Gasteiger partial charge in [0.2, 0.25) is 0 Å². The standard InChI is InChI=1S/C14H19F3N2/c1-10(11-6-3-2-4-7-11)19-13-12(14(15,16)17)8-5-9-18-13/h5,8-11H,2-4,6-7H2,1H3,(H,18,19). The van der Waals surface area contributed by atoms with Crippen LogP contribution in [0.4, 0.5) is 19.0 Å². The fourth-order valence-corrected chi connectivity index (χ4v) is 2.72. The van der Waals surface area contributed by atoms with Gasteiger partial charge in [-0.15, -0.1) is 0 Å². The minimum Gasteiger partial charge on any atom is -0.367 e. The highest BCUT2D eigenvalue weighted by molar-refractivity contribution is 5.46. The molecule has 19 heavy (non-hydrogen) atoms. The quantitative estimate of drug-likeness (QED) is 0.877. The molecule has 0 spiro atoms. The summed E-state index contributed by atoms with van der Waals surface area (Å²) in [5.74, 6) is 0.393. The summed E-state index contributed by atoms with van der Waals surface area (Å²) in [6.07, 6.45) is 2.79. The van der Waals surface area contributed by atoms with E-state index in [-0.39, 0.29) is 11.9 Å². The summed E-state index contributed by atoms with van der Waals surface area (Å²) in [6, 6.07) is 2.42. The third kappa shape index (κ3) is 3.61. The van der Waals surface area contributed by atoms with E-state index in [0.717, 1.165) is 18.9 Å². The molecule has 0 saturated heterocycles. The van der Waals surface area contributed by atoms with Gasteiger partial charge in [0.15, 0.2) is 0 Å². The van der Waals surface area contributed by atoms with Crippen LogP contribution in [-0.4, -0.2) is 11.0 Å². The Hall–Kier alpha value is -1.26. The molecule has 5 heteroatoms.